The number of ether oxygens (including phenoxy) is 1. The fourth-order valence-electron chi connectivity index (χ4n) is 1.71. The molecule has 0 radical (unpaired) electrons. The van der Waals surface area contributed by atoms with Crippen LogP contribution in [0.2, 0.25) is 0 Å². The minimum absolute atomic E-state index is 0.453. The van der Waals surface area contributed by atoms with E-state index >= 15 is 0 Å². The predicted octanol–water partition coefficient (Wildman–Crippen LogP) is 3.53. The summed E-state index contributed by atoms with van der Waals surface area (Å²) in [6, 6.07) is 3.79. The monoisotopic (exact) mass is 265 g/mol. The molecule has 2 heterocycles. The average Bonchev–Trinajstić information content (AvgIpc) is 2.76. The molecule has 0 aromatic carbocycles. The number of pyridine rings is 1. The maximum Gasteiger partial charge on any atom is 0.219 e. The van der Waals surface area contributed by atoms with Gasteiger partial charge in [0, 0.05) is 24.2 Å². The Kier molecular flexibility index (Phi) is 4.20. The van der Waals surface area contributed by atoms with Gasteiger partial charge in [0.25, 0.3) is 0 Å². The van der Waals surface area contributed by atoms with Crippen LogP contribution in [0.5, 0.6) is 11.6 Å². The number of rotatable bonds is 5. The largest absolute Gasteiger partial charge is 0.436 e. The van der Waals surface area contributed by atoms with E-state index in [1.54, 1.807) is 6.20 Å². The smallest absolute Gasteiger partial charge is 0.219 e. The summed E-state index contributed by atoms with van der Waals surface area (Å²) in [7, 11) is 0. The second kappa shape index (κ2) is 5.87. The maximum absolute atomic E-state index is 5.82. The lowest BCUT2D eigenvalue weighted by Gasteiger charge is -2.05. The molecule has 2 aromatic rings. The second-order valence-corrected chi connectivity index (χ2v) is 4.40. The Labute approximate surface area is 112 Å². The summed E-state index contributed by atoms with van der Waals surface area (Å²) in [5, 5.41) is 4.20. The Bertz CT molecular complexity index is 525. The van der Waals surface area contributed by atoms with Crippen LogP contribution in [0.15, 0.2) is 24.5 Å². The first kappa shape index (κ1) is 12.9. The van der Waals surface area contributed by atoms with Crippen LogP contribution in [0, 0.1) is 6.92 Å². The summed E-state index contributed by atoms with van der Waals surface area (Å²) in [6.07, 6.45) is 4.61. The molecule has 18 heavy (non-hydrogen) atoms. The Balaban J connectivity index is 2.14. The van der Waals surface area contributed by atoms with Crippen LogP contribution >= 0.6 is 11.6 Å². The van der Waals surface area contributed by atoms with E-state index < -0.39 is 0 Å². The van der Waals surface area contributed by atoms with Gasteiger partial charge in [0.05, 0.1) is 12.4 Å². The zero-order valence-electron chi connectivity index (χ0n) is 10.6. The van der Waals surface area contributed by atoms with Crippen molar-refractivity contribution in [3.8, 4) is 11.6 Å². The zero-order chi connectivity index (χ0) is 13.0. The first-order chi connectivity index (χ1) is 8.71. The number of hydrogen-bond acceptors (Lipinski definition) is 3. The molecule has 2 rings (SSSR count). The van der Waals surface area contributed by atoms with Gasteiger partial charge in [0.15, 0.2) is 5.75 Å². The highest BCUT2D eigenvalue weighted by molar-refractivity contribution is 6.17. The highest BCUT2D eigenvalue weighted by Crippen LogP contribution is 2.21. The summed E-state index contributed by atoms with van der Waals surface area (Å²) in [5.41, 5.74) is 1.89. The van der Waals surface area contributed by atoms with E-state index in [0.29, 0.717) is 17.5 Å². The van der Waals surface area contributed by atoms with Gasteiger partial charge in [-0.1, -0.05) is 6.92 Å². The molecule has 0 aliphatic carbocycles. The van der Waals surface area contributed by atoms with Gasteiger partial charge in [0.2, 0.25) is 5.88 Å². The quantitative estimate of drug-likeness (QED) is 0.777. The molecule has 0 amide bonds. The lowest BCUT2D eigenvalue weighted by molar-refractivity contribution is 0.459. The predicted molar refractivity (Wildman–Crippen MR) is 71.1 cm³/mol. The molecule has 0 atom stereocenters. The van der Waals surface area contributed by atoms with Crippen LogP contribution in [0.1, 0.15) is 24.6 Å². The minimum Gasteiger partial charge on any atom is -0.436 e. The third-order valence-electron chi connectivity index (χ3n) is 2.43. The number of alkyl halides is 1. The van der Waals surface area contributed by atoms with Crippen molar-refractivity contribution in [3.63, 3.8) is 0 Å². The molecule has 2 aromatic heterocycles. The van der Waals surface area contributed by atoms with Crippen LogP contribution in [0.25, 0.3) is 0 Å². The minimum atomic E-state index is 0.453. The van der Waals surface area contributed by atoms with Crippen molar-refractivity contribution >= 4 is 11.6 Å². The number of aryl methyl sites for hydroxylation is 2. The second-order valence-electron chi connectivity index (χ2n) is 4.13. The van der Waals surface area contributed by atoms with E-state index in [4.69, 9.17) is 16.3 Å². The highest BCUT2D eigenvalue weighted by Gasteiger charge is 2.04. The number of aromatic nitrogens is 3. The summed E-state index contributed by atoms with van der Waals surface area (Å²) in [6.45, 7) is 4.91. The fraction of sp³-hybridized carbons (Fsp3) is 0.385. The Morgan fingerprint density at radius 3 is 2.94 bits per heavy atom. The molecule has 96 valence electrons. The van der Waals surface area contributed by atoms with Gasteiger partial charge in [0.1, 0.15) is 0 Å². The van der Waals surface area contributed by atoms with Gasteiger partial charge in [-0.3, -0.25) is 4.68 Å². The van der Waals surface area contributed by atoms with Crippen molar-refractivity contribution in [1.29, 1.82) is 0 Å². The van der Waals surface area contributed by atoms with Crippen molar-refractivity contribution in [2.45, 2.75) is 32.7 Å². The fourth-order valence-corrected chi connectivity index (χ4v) is 1.86. The van der Waals surface area contributed by atoms with Gasteiger partial charge < -0.3 is 4.74 Å². The van der Waals surface area contributed by atoms with Gasteiger partial charge in [-0.25, -0.2) is 4.98 Å². The molecule has 4 nitrogen and oxygen atoms in total. The van der Waals surface area contributed by atoms with E-state index in [-0.39, 0.29) is 0 Å². The van der Waals surface area contributed by atoms with Gasteiger partial charge >= 0.3 is 0 Å². The summed E-state index contributed by atoms with van der Waals surface area (Å²) >= 11 is 5.82. The summed E-state index contributed by atoms with van der Waals surface area (Å²) in [5.74, 6) is 1.71. The molecule has 0 aliphatic heterocycles. The molecule has 0 aliphatic rings. The van der Waals surface area contributed by atoms with Crippen molar-refractivity contribution in [3.05, 3.63) is 35.8 Å². The lowest BCUT2D eigenvalue weighted by Crippen LogP contribution is -1.95. The lowest BCUT2D eigenvalue weighted by atomic mass is 10.2. The molecular formula is C13H16ClN3O. The number of halogens is 1. The van der Waals surface area contributed by atoms with Gasteiger partial charge in [-0.2, -0.15) is 5.10 Å². The Morgan fingerprint density at radius 2 is 2.22 bits per heavy atom. The van der Waals surface area contributed by atoms with Gasteiger partial charge in [-0.05, 0) is 25.0 Å². The van der Waals surface area contributed by atoms with Crippen LogP contribution in [-0.2, 0) is 12.4 Å². The average molecular weight is 266 g/mol. The normalized spacial score (nSPS) is 10.6. The molecule has 0 spiro atoms. The topological polar surface area (TPSA) is 39.9 Å². The highest BCUT2D eigenvalue weighted by atomic mass is 35.5. The zero-order valence-corrected chi connectivity index (χ0v) is 11.3. The summed E-state index contributed by atoms with van der Waals surface area (Å²) in [4.78, 5) is 4.31. The first-order valence-corrected chi connectivity index (χ1v) is 6.48. The van der Waals surface area contributed by atoms with E-state index in [1.165, 1.54) is 0 Å². The molecular weight excluding hydrogens is 250 g/mol. The molecule has 0 unspecified atom stereocenters. The van der Waals surface area contributed by atoms with Crippen molar-refractivity contribution in [1.82, 2.24) is 14.8 Å². The van der Waals surface area contributed by atoms with Crippen molar-refractivity contribution in [2.75, 3.05) is 0 Å². The van der Waals surface area contributed by atoms with Crippen molar-refractivity contribution < 1.29 is 4.74 Å². The third-order valence-corrected chi connectivity index (χ3v) is 2.74. The molecule has 5 heteroatoms. The van der Waals surface area contributed by atoms with E-state index in [9.17, 15) is 0 Å². The van der Waals surface area contributed by atoms with E-state index in [2.05, 4.69) is 17.0 Å². The Morgan fingerprint density at radius 1 is 1.39 bits per heavy atom. The van der Waals surface area contributed by atoms with Crippen LogP contribution in [0.3, 0.4) is 0 Å². The van der Waals surface area contributed by atoms with Gasteiger partial charge in [-0.15, -0.1) is 11.6 Å². The van der Waals surface area contributed by atoms with E-state index in [1.807, 2.05) is 29.9 Å². The van der Waals surface area contributed by atoms with Crippen LogP contribution in [0.4, 0.5) is 0 Å². The molecule has 0 saturated heterocycles. The Hall–Kier alpha value is -1.55. The van der Waals surface area contributed by atoms with Crippen molar-refractivity contribution in [2.24, 2.45) is 0 Å². The molecule has 0 saturated carbocycles. The molecule has 0 N–H and O–H groups in total. The first-order valence-electron chi connectivity index (χ1n) is 5.95. The molecule has 0 bridgehead atoms. The number of nitrogens with zero attached hydrogens (tertiary/aromatic N) is 3. The van der Waals surface area contributed by atoms with E-state index in [0.717, 1.165) is 24.2 Å². The van der Waals surface area contributed by atoms with Crippen LogP contribution < -0.4 is 4.74 Å². The number of hydrogen-bond donors (Lipinski definition) is 0. The third kappa shape index (κ3) is 3.23. The molecule has 0 fully saturated rings. The summed E-state index contributed by atoms with van der Waals surface area (Å²) < 4.78 is 7.53. The maximum atomic E-state index is 5.82. The SMILES string of the molecule is CCCn1cc(Oc2cc(CCl)cc(C)n2)cn1. The standard InChI is InChI=1S/C13H16ClN3O/c1-3-4-17-9-12(8-15-17)18-13-6-11(7-14)5-10(2)16-13/h5-6,8-9H,3-4,7H2,1-2H3. The van der Waals surface area contributed by atoms with Crippen LogP contribution in [-0.4, -0.2) is 14.8 Å².